The molecule has 2 aliphatic rings. The maximum atomic E-state index is 12.9. The summed E-state index contributed by atoms with van der Waals surface area (Å²) in [5.41, 5.74) is -0.901. The molecule has 3 heterocycles. The number of imidazole rings is 1. The maximum absolute atomic E-state index is 12.9. The Hall–Kier alpha value is -1.99. The number of amides is 3. The molecule has 1 unspecified atom stereocenters. The highest BCUT2D eigenvalue weighted by atomic mass is 127. The van der Waals surface area contributed by atoms with Crippen molar-refractivity contribution < 1.29 is 18.4 Å². The lowest BCUT2D eigenvalue weighted by molar-refractivity contribution is -0.125. The van der Waals surface area contributed by atoms with Crippen LogP contribution < -0.4 is 16.0 Å². The number of nitrogens with one attached hydrogen (secondary N) is 3. The fourth-order valence-electron chi connectivity index (χ4n) is 3.66. The van der Waals surface area contributed by atoms with Crippen molar-refractivity contribution in [1.82, 2.24) is 30.4 Å². The van der Waals surface area contributed by atoms with E-state index in [0.29, 0.717) is 31.9 Å². The lowest BCUT2D eigenvalue weighted by Gasteiger charge is -2.39. The highest BCUT2D eigenvalue weighted by Gasteiger charge is 2.48. The van der Waals surface area contributed by atoms with E-state index in [1.807, 2.05) is 4.90 Å². The number of imide groups is 1. The molecule has 0 bridgehead atoms. The molecule has 9 nitrogen and oxygen atoms in total. The van der Waals surface area contributed by atoms with Crippen LogP contribution in [0.3, 0.4) is 0 Å². The van der Waals surface area contributed by atoms with Gasteiger partial charge in [-0.05, 0) is 25.7 Å². The predicted molar refractivity (Wildman–Crippen MR) is 108 cm³/mol. The highest BCUT2D eigenvalue weighted by Crippen LogP contribution is 2.30. The van der Waals surface area contributed by atoms with E-state index in [9.17, 15) is 18.4 Å². The van der Waals surface area contributed by atoms with Gasteiger partial charge in [0.25, 0.3) is 5.91 Å². The lowest BCUT2D eigenvalue weighted by Crippen LogP contribution is -2.55. The Kier molecular flexibility index (Phi) is 7.17. The molecule has 28 heavy (non-hydrogen) atoms. The van der Waals surface area contributed by atoms with Crippen LogP contribution in [-0.4, -0.2) is 58.0 Å². The highest BCUT2D eigenvalue weighted by molar-refractivity contribution is 14.0. The number of rotatable bonds is 4. The maximum Gasteiger partial charge on any atom is 0.322 e. The summed E-state index contributed by atoms with van der Waals surface area (Å²) in [6.07, 6.45) is 3.95. The van der Waals surface area contributed by atoms with Gasteiger partial charge in [-0.25, -0.2) is 9.78 Å². The number of hydrogen-bond acceptors (Lipinski definition) is 4. The Morgan fingerprint density at radius 2 is 2.11 bits per heavy atom. The normalized spacial score (nSPS) is 23.5. The van der Waals surface area contributed by atoms with Crippen molar-refractivity contribution in [2.45, 2.75) is 38.4 Å². The van der Waals surface area contributed by atoms with E-state index < -0.39 is 18.1 Å². The van der Waals surface area contributed by atoms with Crippen LogP contribution in [0.4, 0.5) is 13.6 Å². The van der Waals surface area contributed by atoms with Crippen LogP contribution >= 0.6 is 24.0 Å². The summed E-state index contributed by atoms with van der Waals surface area (Å²) in [6, 6.07) is -0.461. The van der Waals surface area contributed by atoms with Gasteiger partial charge in [0, 0.05) is 32.5 Å². The van der Waals surface area contributed by atoms with E-state index >= 15 is 0 Å². The third-order valence-electron chi connectivity index (χ3n) is 5.26. The third-order valence-corrected chi connectivity index (χ3v) is 5.26. The average molecular weight is 511 g/mol. The molecule has 1 aromatic heterocycles. The quantitative estimate of drug-likeness (QED) is 0.245. The molecule has 156 valence electrons. The molecule has 0 aliphatic carbocycles. The molecule has 0 spiro atoms. The first-order valence-electron chi connectivity index (χ1n) is 8.74. The monoisotopic (exact) mass is 511 g/mol. The molecule has 12 heteroatoms. The SMILES string of the molecule is CN=C(NCc1nccn1C(F)F)N1CCC(C2(C)NC(=O)NC2=O)CC1.I. The minimum Gasteiger partial charge on any atom is -0.349 e. The minimum absolute atomic E-state index is 0. The van der Waals surface area contributed by atoms with Gasteiger partial charge in [0.1, 0.15) is 11.4 Å². The van der Waals surface area contributed by atoms with Gasteiger partial charge in [0.15, 0.2) is 5.96 Å². The summed E-state index contributed by atoms with van der Waals surface area (Å²) in [7, 11) is 1.62. The smallest absolute Gasteiger partial charge is 0.322 e. The molecule has 1 atom stereocenters. The molecule has 0 aromatic carbocycles. The van der Waals surface area contributed by atoms with Gasteiger partial charge in [0.05, 0.1) is 6.54 Å². The first-order valence-corrected chi connectivity index (χ1v) is 8.74. The molecule has 0 radical (unpaired) electrons. The van der Waals surface area contributed by atoms with Crippen LogP contribution in [0.15, 0.2) is 17.4 Å². The van der Waals surface area contributed by atoms with Crippen LogP contribution in [0.1, 0.15) is 32.1 Å². The van der Waals surface area contributed by atoms with Gasteiger partial charge in [-0.2, -0.15) is 8.78 Å². The van der Waals surface area contributed by atoms with Crippen molar-refractivity contribution in [3.8, 4) is 0 Å². The number of carbonyl (C=O) groups is 2. The molecular weight excluding hydrogens is 487 g/mol. The molecule has 0 saturated carbocycles. The fraction of sp³-hybridized carbons (Fsp3) is 0.625. The molecule has 2 aliphatic heterocycles. The summed E-state index contributed by atoms with van der Waals surface area (Å²) in [6.45, 7) is 0.486. The topological polar surface area (TPSA) is 104 Å². The first-order chi connectivity index (χ1) is 12.8. The van der Waals surface area contributed by atoms with Gasteiger partial charge in [-0.15, -0.1) is 24.0 Å². The van der Waals surface area contributed by atoms with Crippen LogP contribution in [0.5, 0.6) is 0 Å². The number of nitrogens with zero attached hydrogens (tertiary/aromatic N) is 4. The zero-order chi connectivity index (χ0) is 19.6. The third kappa shape index (κ3) is 4.36. The molecule has 3 amide bonds. The number of guanidine groups is 1. The lowest BCUT2D eigenvalue weighted by atomic mass is 9.79. The number of likely N-dealkylation sites (tertiary alicyclic amines) is 1. The number of carbonyl (C=O) groups excluding carboxylic acids is 2. The Balaban J connectivity index is 0.00000280. The second-order valence-electron chi connectivity index (χ2n) is 6.80. The molecule has 1 aromatic rings. The van der Waals surface area contributed by atoms with Crippen molar-refractivity contribution in [2.24, 2.45) is 10.9 Å². The molecule has 2 saturated heterocycles. The Morgan fingerprint density at radius 3 is 2.64 bits per heavy atom. The van der Waals surface area contributed by atoms with Gasteiger partial charge >= 0.3 is 12.6 Å². The molecule has 3 rings (SSSR count). The predicted octanol–water partition coefficient (Wildman–Crippen LogP) is 1.28. The first kappa shape index (κ1) is 22.3. The minimum atomic E-state index is -2.64. The van der Waals surface area contributed by atoms with Crippen LogP contribution in [0.25, 0.3) is 0 Å². The summed E-state index contributed by atoms with van der Waals surface area (Å²) < 4.78 is 26.6. The number of piperidine rings is 1. The van der Waals surface area contributed by atoms with Crippen molar-refractivity contribution in [3.63, 3.8) is 0 Å². The van der Waals surface area contributed by atoms with Crippen molar-refractivity contribution in [3.05, 3.63) is 18.2 Å². The van der Waals surface area contributed by atoms with Crippen LogP contribution in [0.2, 0.25) is 0 Å². The second-order valence-corrected chi connectivity index (χ2v) is 6.80. The number of hydrogen-bond donors (Lipinski definition) is 3. The summed E-state index contributed by atoms with van der Waals surface area (Å²) >= 11 is 0. The van der Waals surface area contributed by atoms with Gasteiger partial charge in [0.2, 0.25) is 0 Å². The molecular formula is C16H24F2IN7O2. The van der Waals surface area contributed by atoms with Crippen LogP contribution in [0, 0.1) is 5.92 Å². The van der Waals surface area contributed by atoms with Crippen LogP contribution in [-0.2, 0) is 11.3 Å². The molecule has 2 fully saturated rings. The Bertz CT molecular complexity index is 749. The zero-order valence-electron chi connectivity index (χ0n) is 15.6. The Morgan fingerprint density at radius 1 is 1.43 bits per heavy atom. The second kappa shape index (κ2) is 9.01. The van der Waals surface area contributed by atoms with E-state index in [4.69, 9.17) is 0 Å². The zero-order valence-corrected chi connectivity index (χ0v) is 17.9. The van der Waals surface area contributed by atoms with Crippen molar-refractivity contribution in [1.29, 1.82) is 0 Å². The van der Waals surface area contributed by atoms with E-state index in [0.717, 1.165) is 4.57 Å². The van der Waals surface area contributed by atoms with E-state index in [2.05, 4.69) is 25.9 Å². The van der Waals surface area contributed by atoms with Crippen molar-refractivity contribution >= 4 is 41.9 Å². The van der Waals surface area contributed by atoms with Gasteiger partial charge < -0.3 is 15.5 Å². The van der Waals surface area contributed by atoms with E-state index in [-0.39, 0.29) is 48.2 Å². The number of aromatic nitrogens is 2. The molecule has 3 N–H and O–H groups in total. The van der Waals surface area contributed by atoms with E-state index in [1.54, 1.807) is 14.0 Å². The average Bonchev–Trinajstić information content (AvgIpc) is 3.21. The summed E-state index contributed by atoms with van der Waals surface area (Å²) in [5, 5.41) is 8.07. The largest absolute Gasteiger partial charge is 0.349 e. The summed E-state index contributed by atoms with van der Waals surface area (Å²) in [4.78, 5) is 33.7. The number of urea groups is 1. The number of halogens is 3. The standard InChI is InChI=1S/C16H23F2N7O2.HI/c1-16(12(26)22-15(27)23-16)10-3-6-24(7-4-10)14(19-2)21-9-11-20-5-8-25(11)13(17)18;/h5,8,10,13H,3-4,6-7,9H2,1-2H3,(H,19,21)(H2,22,23,26,27);1H. The van der Waals surface area contributed by atoms with E-state index in [1.165, 1.54) is 12.4 Å². The van der Waals surface area contributed by atoms with Gasteiger partial charge in [-0.1, -0.05) is 0 Å². The number of aliphatic imine (C=N–C) groups is 1. The van der Waals surface area contributed by atoms with Gasteiger partial charge in [-0.3, -0.25) is 19.7 Å². The summed E-state index contributed by atoms with van der Waals surface area (Å²) in [5.74, 6) is 0.518. The number of alkyl halides is 2. The fourth-order valence-corrected chi connectivity index (χ4v) is 3.66. The Labute approximate surface area is 178 Å². The van der Waals surface area contributed by atoms with Crippen molar-refractivity contribution in [2.75, 3.05) is 20.1 Å².